The van der Waals surface area contributed by atoms with Gasteiger partial charge in [-0.25, -0.2) is 0 Å². The molecule has 2 aromatic heterocycles. The van der Waals surface area contributed by atoms with E-state index in [4.69, 9.17) is 21.1 Å². The lowest BCUT2D eigenvalue weighted by Crippen LogP contribution is -2.07. The van der Waals surface area contributed by atoms with Crippen LogP contribution in [0.25, 0.3) is 5.65 Å². The molecule has 2 aromatic rings. The first-order chi connectivity index (χ1) is 11.6. The zero-order chi connectivity index (χ0) is 17.5. The third-order valence-electron chi connectivity index (χ3n) is 3.18. The second kappa shape index (κ2) is 8.31. The number of pyridine rings is 1. The smallest absolute Gasteiger partial charge is 0.310 e. The number of carbonyl (C=O) groups excluding carboxylic acids is 1. The van der Waals surface area contributed by atoms with Crippen LogP contribution in [0.3, 0.4) is 0 Å². The normalized spacial score (nSPS) is 11.8. The van der Waals surface area contributed by atoms with Gasteiger partial charge >= 0.3 is 5.97 Å². The second-order valence-corrected chi connectivity index (χ2v) is 5.20. The van der Waals surface area contributed by atoms with Crippen molar-refractivity contribution in [2.24, 2.45) is 0 Å². The Morgan fingerprint density at radius 3 is 2.75 bits per heavy atom. The number of allylic oxidation sites excluding steroid dienone is 2. The number of ether oxygens (including phenoxy) is 2. The van der Waals surface area contributed by atoms with Gasteiger partial charge in [0.2, 0.25) is 0 Å². The number of hydrogen-bond acceptors (Lipinski definition) is 5. The van der Waals surface area contributed by atoms with Crippen LogP contribution in [0.2, 0.25) is 5.02 Å². The largest absolute Gasteiger partial charge is 0.485 e. The monoisotopic (exact) mass is 347 g/mol. The molecule has 0 aromatic carbocycles. The van der Waals surface area contributed by atoms with Crippen LogP contribution in [0.5, 0.6) is 0 Å². The highest BCUT2D eigenvalue weighted by molar-refractivity contribution is 6.30. The molecular weight excluding hydrogens is 330 g/mol. The van der Waals surface area contributed by atoms with Gasteiger partial charge in [0.15, 0.2) is 11.5 Å². The van der Waals surface area contributed by atoms with Crippen LogP contribution in [0, 0.1) is 0 Å². The third-order valence-corrected chi connectivity index (χ3v) is 3.41. The van der Waals surface area contributed by atoms with Gasteiger partial charge in [0.1, 0.15) is 12.4 Å². The number of halogens is 1. The Hall–Kier alpha value is -2.60. The second-order valence-electron chi connectivity index (χ2n) is 4.76. The summed E-state index contributed by atoms with van der Waals surface area (Å²) in [5, 5.41) is 8.68. The van der Waals surface area contributed by atoms with E-state index in [2.05, 4.69) is 23.4 Å². The van der Waals surface area contributed by atoms with E-state index in [9.17, 15) is 4.79 Å². The predicted molar refractivity (Wildman–Crippen MR) is 91.5 cm³/mol. The number of esters is 1. The van der Waals surface area contributed by atoms with Crippen LogP contribution >= 0.6 is 11.6 Å². The fraction of sp³-hybridized carbons (Fsp3) is 0.235. The molecule has 0 fully saturated rings. The average Bonchev–Trinajstić information content (AvgIpc) is 2.96. The van der Waals surface area contributed by atoms with Crippen LogP contribution < -0.4 is 0 Å². The molecule has 0 spiro atoms. The van der Waals surface area contributed by atoms with Crippen LogP contribution in [-0.4, -0.2) is 27.2 Å². The van der Waals surface area contributed by atoms with Gasteiger partial charge in [0.05, 0.1) is 18.1 Å². The van der Waals surface area contributed by atoms with Gasteiger partial charge in [-0.2, -0.15) is 0 Å². The molecule has 2 heterocycles. The number of hydrogen-bond donors (Lipinski definition) is 0. The van der Waals surface area contributed by atoms with E-state index >= 15 is 0 Å². The van der Waals surface area contributed by atoms with Gasteiger partial charge in [0, 0.05) is 11.8 Å². The molecule has 0 saturated carbocycles. The van der Waals surface area contributed by atoms with E-state index in [1.54, 1.807) is 35.7 Å². The topological polar surface area (TPSA) is 65.7 Å². The van der Waals surface area contributed by atoms with E-state index in [0.717, 1.165) is 0 Å². The maximum Gasteiger partial charge on any atom is 0.310 e. The van der Waals surface area contributed by atoms with Crippen molar-refractivity contribution in [1.82, 2.24) is 14.6 Å². The van der Waals surface area contributed by atoms with Crippen molar-refractivity contribution in [3.05, 3.63) is 65.8 Å². The average molecular weight is 348 g/mol. The highest BCUT2D eigenvalue weighted by atomic mass is 35.5. The Balaban J connectivity index is 2.17. The first-order valence-electron chi connectivity index (χ1n) is 7.34. The lowest BCUT2D eigenvalue weighted by molar-refractivity contribution is -0.142. The molecule has 0 aliphatic heterocycles. The summed E-state index contributed by atoms with van der Waals surface area (Å²) in [7, 11) is 0. The van der Waals surface area contributed by atoms with E-state index in [0.29, 0.717) is 34.4 Å². The molecule has 0 N–H and O–H groups in total. The van der Waals surface area contributed by atoms with Crippen LogP contribution in [-0.2, 0) is 20.9 Å². The van der Waals surface area contributed by atoms with E-state index in [-0.39, 0.29) is 19.0 Å². The number of rotatable bonds is 8. The van der Waals surface area contributed by atoms with Crippen LogP contribution in [0.4, 0.5) is 0 Å². The summed E-state index contributed by atoms with van der Waals surface area (Å²) in [4.78, 5) is 11.6. The van der Waals surface area contributed by atoms with Gasteiger partial charge in [-0.1, -0.05) is 30.8 Å². The molecule has 24 heavy (non-hydrogen) atoms. The molecule has 0 atom stereocenters. The van der Waals surface area contributed by atoms with Gasteiger partial charge in [-0.05, 0) is 25.1 Å². The van der Waals surface area contributed by atoms with Crippen molar-refractivity contribution in [3.8, 4) is 0 Å². The minimum Gasteiger partial charge on any atom is -0.485 e. The van der Waals surface area contributed by atoms with Gasteiger partial charge in [-0.15, -0.1) is 10.2 Å². The molecule has 0 saturated heterocycles. The molecule has 0 aliphatic carbocycles. The number of aromatic nitrogens is 3. The van der Waals surface area contributed by atoms with Gasteiger partial charge in [0.25, 0.3) is 0 Å². The standard InChI is InChI=1S/C17H18ClN3O3/c1-4-12(9-17(22)23-6-3)14(5-2)24-11-16-20-19-15-8-7-13(18)10-21(15)16/h4-5,7-8,10H,1-2,6,9,11H2,3H3/b14-12-. The van der Waals surface area contributed by atoms with Gasteiger partial charge in [-0.3, -0.25) is 9.20 Å². The Kier molecular flexibility index (Phi) is 6.14. The Bertz CT molecular complexity index is 795. The molecule has 0 amide bonds. The Labute approximate surface area is 145 Å². The molecule has 0 aliphatic rings. The van der Waals surface area contributed by atoms with Crippen molar-refractivity contribution in [2.75, 3.05) is 6.61 Å². The van der Waals surface area contributed by atoms with Crippen molar-refractivity contribution in [2.45, 2.75) is 20.0 Å². The van der Waals surface area contributed by atoms with E-state index in [1.165, 1.54) is 6.08 Å². The van der Waals surface area contributed by atoms with Crippen molar-refractivity contribution >= 4 is 23.2 Å². The van der Waals surface area contributed by atoms with Crippen molar-refractivity contribution < 1.29 is 14.3 Å². The van der Waals surface area contributed by atoms with Crippen molar-refractivity contribution in [3.63, 3.8) is 0 Å². The maximum absolute atomic E-state index is 11.6. The molecule has 2 rings (SSSR count). The first-order valence-corrected chi connectivity index (χ1v) is 7.72. The summed E-state index contributed by atoms with van der Waals surface area (Å²) in [5.74, 6) is 0.665. The molecule has 6 nitrogen and oxygen atoms in total. The quantitative estimate of drug-likeness (QED) is 0.415. The zero-order valence-electron chi connectivity index (χ0n) is 13.4. The Morgan fingerprint density at radius 2 is 2.08 bits per heavy atom. The summed E-state index contributed by atoms with van der Waals surface area (Å²) < 4.78 is 12.4. The first kappa shape index (κ1) is 17.7. The summed E-state index contributed by atoms with van der Waals surface area (Å²) in [5.41, 5.74) is 1.26. The number of nitrogens with zero attached hydrogens (tertiary/aromatic N) is 3. The molecule has 7 heteroatoms. The Morgan fingerprint density at radius 1 is 1.29 bits per heavy atom. The van der Waals surface area contributed by atoms with Crippen LogP contribution in [0.15, 0.2) is 55.0 Å². The van der Waals surface area contributed by atoms with E-state index < -0.39 is 0 Å². The maximum atomic E-state index is 11.6. The molecule has 0 bridgehead atoms. The number of carbonyl (C=O) groups is 1. The number of fused-ring (bicyclic) bond motifs is 1. The summed E-state index contributed by atoms with van der Waals surface area (Å²) >= 11 is 5.99. The highest BCUT2D eigenvalue weighted by Gasteiger charge is 2.11. The van der Waals surface area contributed by atoms with Gasteiger partial charge < -0.3 is 9.47 Å². The zero-order valence-corrected chi connectivity index (χ0v) is 14.1. The minimum absolute atomic E-state index is 0.0606. The highest BCUT2D eigenvalue weighted by Crippen LogP contribution is 2.17. The summed E-state index contributed by atoms with van der Waals surface area (Å²) in [6.45, 7) is 9.63. The lowest BCUT2D eigenvalue weighted by atomic mass is 10.1. The fourth-order valence-corrected chi connectivity index (χ4v) is 2.22. The SMILES string of the molecule is C=C/C(CC(=O)OCC)=C(\C=C)OCc1nnc2ccc(Cl)cn12. The fourth-order valence-electron chi connectivity index (χ4n) is 2.06. The van der Waals surface area contributed by atoms with Crippen LogP contribution in [0.1, 0.15) is 19.2 Å². The summed E-state index contributed by atoms with van der Waals surface area (Å²) in [6, 6.07) is 3.50. The molecule has 0 radical (unpaired) electrons. The minimum atomic E-state index is -0.352. The molecular formula is C17H18ClN3O3. The third kappa shape index (κ3) is 4.23. The summed E-state index contributed by atoms with van der Waals surface area (Å²) in [6.07, 6.45) is 4.84. The predicted octanol–water partition coefficient (Wildman–Crippen LogP) is 3.48. The molecule has 126 valence electrons. The molecule has 0 unspecified atom stereocenters. The van der Waals surface area contributed by atoms with Crippen molar-refractivity contribution in [1.29, 1.82) is 0 Å². The van der Waals surface area contributed by atoms with E-state index in [1.807, 2.05) is 0 Å². The lowest BCUT2D eigenvalue weighted by Gasteiger charge is -2.10.